The van der Waals surface area contributed by atoms with Gasteiger partial charge in [-0.15, -0.1) is 0 Å². The van der Waals surface area contributed by atoms with Crippen molar-refractivity contribution >= 4 is 17.5 Å². The number of carbonyl (C=O) groups is 2. The number of hydrogen-bond acceptors (Lipinski definition) is 5. The molecule has 0 spiro atoms. The van der Waals surface area contributed by atoms with Crippen LogP contribution in [-0.4, -0.2) is 38.3 Å². The van der Waals surface area contributed by atoms with E-state index in [2.05, 4.69) is 15.8 Å². The van der Waals surface area contributed by atoms with Crippen LogP contribution in [0.15, 0.2) is 23.3 Å². The summed E-state index contributed by atoms with van der Waals surface area (Å²) in [5.41, 5.74) is 3.29. The maximum Gasteiger partial charge on any atom is 0.271 e. The number of methoxy groups -OCH3 is 2. The van der Waals surface area contributed by atoms with Gasteiger partial charge in [-0.05, 0) is 25.5 Å². The molecule has 0 aromatic heterocycles. The summed E-state index contributed by atoms with van der Waals surface area (Å²) in [4.78, 5) is 23.7. The molecule has 126 valence electrons. The van der Waals surface area contributed by atoms with E-state index in [0.717, 1.165) is 6.42 Å². The summed E-state index contributed by atoms with van der Waals surface area (Å²) in [7, 11) is 3.02. The topological polar surface area (TPSA) is 89.0 Å². The Balaban J connectivity index is 2.68. The summed E-state index contributed by atoms with van der Waals surface area (Å²) in [5, 5.41) is 6.68. The van der Waals surface area contributed by atoms with Crippen LogP contribution in [0.5, 0.6) is 11.5 Å². The summed E-state index contributed by atoms with van der Waals surface area (Å²) < 4.78 is 10.2. The van der Waals surface area contributed by atoms with Gasteiger partial charge >= 0.3 is 0 Å². The quantitative estimate of drug-likeness (QED) is 0.563. The number of nitrogens with one attached hydrogen (secondary N) is 2. The molecule has 1 aromatic carbocycles. The normalized spacial score (nSPS) is 10.9. The van der Waals surface area contributed by atoms with Crippen LogP contribution < -0.4 is 20.2 Å². The summed E-state index contributed by atoms with van der Waals surface area (Å²) >= 11 is 0. The number of hydrazone groups is 1. The zero-order chi connectivity index (χ0) is 17.2. The van der Waals surface area contributed by atoms with Crippen LogP contribution in [-0.2, 0) is 4.79 Å². The average Bonchev–Trinajstić information content (AvgIpc) is 2.57. The number of rotatable bonds is 8. The zero-order valence-corrected chi connectivity index (χ0v) is 13.9. The largest absolute Gasteiger partial charge is 0.497 e. The summed E-state index contributed by atoms with van der Waals surface area (Å²) in [5.74, 6) is 0.490. The van der Waals surface area contributed by atoms with E-state index < -0.39 is 5.91 Å². The number of carbonyl (C=O) groups excluding carboxylic acids is 2. The van der Waals surface area contributed by atoms with E-state index in [-0.39, 0.29) is 12.3 Å². The minimum absolute atomic E-state index is 0.120. The Kier molecular flexibility index (Phi) is 7.59. The van der Waals surface area contributed by atoms with Crippen molar-refractivity contribution in [2.75, 3.05) is 20.8 Å². The maximum atomic E-state index is 12.1. The molecule has 0 aliphatic carbocycles. The lowest BCUT2D eigenvalue weighted by Gasteiger charge is -2.08. The van der Waals surface area contributed by atoms with Gasteiger partial charge in [0.1, 0.15) is 11.5 Å². The molecule has 0 heterocycles. The van der Waals surface area contributed by atoms with Gasteiger partial charge in [0.25, 0.3) is 5.91 Å². The van der Waals surface area contributed by atoms with E-state index in [0.29, 0.717) is 29.3 Å². The summed E-state index contributed by atoms with van der Waals surface area (Å²) in [6.45, 7) is 4.28. The first kappa shape index (κ1) is 18.5. The van der Waals surface area contributed by atoms with E-state index >= 15 is 0 Å². The van der Waals surface area contributed by atoms with Gasteiger partial charge in [0.05, 0.1) is 20.6 Å². The maximum absolute atomic E-state index is 12.1. The predicted molar refractivity (Wildman–Crippen MR) is 88.0 cm³/mol. The van der Waals surface area contributed by atoms with Crippen LogP contribution in [0.25, 0.3) is 0 Å². The lowest BCUT2D eigenvalue weighted by molar-refractivity contribution is -0.119. The molecule has 1 rings (SSSR count). The Morgan fingerprint density at radius 2 is 1.74 bits per heavy atom. The fraction of sp³-hybridized carbons (Fsp3) is 0.438. The fourth-order valence-electron chi connectivity index (χ4n) is 1.75. The predicted octanol–water partition coefficient (Wildman–Crippen LogP) is 1.73. The molecule has 0 bridgehead atoms. The zero-order valence-electron chi connectivity index (χ0n) is 13.9. The molecular weight excluding hydrogens is 298 g/mol. The van der Waals surface area contributed by atoms with Crippen molar-refractivity contribution in [3.05, 3.63) is 23.8 Å². The summed E-state index contributed by atoms with van der Waals surface area (Å²) in [6.07, 6.45) is 1.01. The van der Waals surface area contributed by atoms with Crippen LogP contribution in [0.1, 0.15) is 37.0 Å². The van der Waals surface area contributed by atoms with Crippen molar-refractivity contribution in [1.82, 2.24) is 10.7 Å². The van der Waals surface area contributed by atoms with E-state index in [9.17, 15) is 9.59 Å². The third kappa shape index (κ3) is 6.37. The van der Waals surface area contributed by atoms with Gasteiger partial charge in [0, 0.05) is 23.9 Å². The molecule has 23 heavy (non-hydrogen) atoms. The smallest absolute Gasteiger partial charge is 0.271 e. The van der Waals surface area contributed by atoms with Gasteiger partial charge in [-0.2, -0.15) is 5.10 Å². The summed E-state index contributed by atoms with van der Waals surface area (Å²) in [6, 6.07) is 4.83. The average molecular weight is 321 g/mol. The van der Waals surface area contributed by atoms with E-state index in [4.69, 9.17) is 9.47 Å². The number of nitrogens with zero attached hydrogens (tertiary/aromatic N) is 1. The first-order valence-electron chi connectivity index (χ1n) is 7.33. The number of hydrogen-bond donors (Lipinski definition) is 2. The van der Waals surface area contributed by atoms with Gasteiger partial charge in [-0.1, -0.05) is 6.92 Å². The highest BCUT2D eigenvalue weighted by molar-refractivity contribution is 6.01. The molecule has 1 aromatic rings. The molecule has 0 aliphatic rings. The fourth-order valence-corrected chi connectivity index (χ4v) is 1.75. The van der Waals surface area contributed by atoms with Crippen molar-refractivity contribution in [2.45, 2.75) is 26.7 Å². The Morgan fingerprint density at radius 3 is 2.26 bits per heavy atom. The van der Waals surface area contributed by atoms with Crippen molar-refractivity contribution in [3.8, 4) is 11.5 Å². The minimum Gasteiger partial charge on any atom is -0.497 e. The van der Waals surface area contributed by atoms with Gasteiger partial charge in [-0.3, -0.25) is 9.59 Å². The molecule has 0 saturated carbocycles. The van der Waals surface area contributed by atoms with Gasteiger partial charge < -0.3 is 14.8 Å². The number of ether oxygens (including phenoxy) is 2. The van der Waals surface area contributed by atoms with Crippen LogP contribution in [0.2, 0.25) is 0 Å². The third-order valence-corrected chi connectivity index (χ3v) is 2.95. The van der Waals surface area contributed by atoms with Crippen LogP contribution in [0.4, 0.5) is 0 Å². The molecule has 2 amide bonds. The first-order chi connectivity index (χ1) is 11.0. The highest BCUT2D eigenvalue weighted by atomic mass is 16.5. The van der Waals surface area contributed by atoms with E-state index in [1.807, 2.05) is 6.92 Å². The van der Waals surface area contributed by atoms with E-state index in [1.165, 1.54) is 14.2 Å². The lowest BCUT2D eigenvalue weighted by Crippen LogP contribution is -2.27. The molecule has 0 fully saturated rings. The second-order valence-corrected chi connectivity index (χ2v) is 4.92. The SMILES string of the molecule is CCCNC(=O)CC(C)=NNC(=O)c1cc(OC)cc(OC)c1. The molecule has 7 heteroatoms. The van der Waals surface area contributed by atoms with E-state index in [1.54, 1.807) is 25.1 Å². The lowest BCUT2D eigenvalue weighted by atomic mass is 10.2. The molecule has 0 saturated heterocycles. The standard InChI is InChI=1S/C16H23N3O4/c1-5-6-17-15(20)7-11(2)18-19-16(21)12-8-13(22-3)10-14(9-12)23-4/h8-10H,5-7H2,1-4H3,(H,17,20)(H,19,21). The van der Waals surface area contributed by atoms with Gasteiger partial charge in [0.2, 0.25) is 5.91 Å². The van der Waals surface area contributed by atoms with Gasteiger partial charge in [0.15, 0.2) is 0 Å². The van der Waals surface area contributed by atoms with Crippen molar-refractivity contribution in [3.63, 3.8) is 0 Å². The third-order valence-electron chi connectivity index (χ3n) is 2.95. The first-order valence-corrected chi connectivity index (χ1v) is 7.33. The monoisotopic (exact) mass is 321 g/mol. The van der Waals surface area contributed by atoms with Crippen molar-refractivity contribution in [1.29, 1.82) is 0 Å². The van der Waals surface area contributed by atoms with Crippen LogP contribution >= 0.6 is 0 Å². The molecular formula is C16H23N3O4. The number of benzene rings is 1. The second-order valence-electron chi connectivity index (χ2n) is 4.92. The molecule has 0 atom stereocenters. The van der Waals surface area contributed by atoms with Crippen molar-refractivity contribution in [2.24, 2.45) is 5.10 Å². The van der Waals surface area contributed by atoms with Crippen LogP contribution in [0, 0.1) is 0 Å². The molecule has 2 N–H and O–H groups in total. The molecule has 0 radical (unpaired) electrons. The Bertz CT molecular complexity index is 562. The molecule has 0 unspecified atom stereocenters. The second kappa shape index (κ2) is 9.45. The van der Waals surface area contributed by atoms with Crippen molar-refractivity contribution < 1.29 is 19.1 Å². The highest BCUT2D eigenvalue weighted by Crippen LogP contribution is 2.22. The van der Waals surface area contributed by atoms with Crippen LogP contribution in [0.3, 0.4) is 0 Å². The Morgan fingerprint density at radius 1 is 1.13 bits per heavy atom. The Hall–Kier alpha value is -2.57. The molecule has 0 aliphatic heterocycles. The highest BCUT2D eigenvalue weighted by Gasteiger charge is 2.10. The molecule has 7 nitrogen and oxygen atoms in total. The Labute approximate surface area is 136 Å². The minimum atomic E-state index is -0.407. The number of amides is 2. The van der Waals surface area contributed by atoms with Gasteiger partial charge in [-0.25, -0.2) is 5.43 Å².